The number of hydrogen-bond acceptors (Lipinski definition) is 4. The lowest BCUT2D eigenvalue weighted by Crippen LogP contribution is -2.25. The maximum atomic E-state index is 11.8. The van der Waals surface area contributed by atoms with Gasteiger partial charge in [0.1, 0.15) is 0 Å². The van der Waals surface area contributed by atoms with Crippen LogP contribution >= 0.6 is 0 Å². The van der Waals surface area contributed by atoms with Crippen LogP contribution in [0.25, 0.3) is 0 Å². The zero-order valence-corrected chi connectivity index (χ0v) is 11.5. The van der Waals surface area contributed by atoms with Crippen LogP contribution in [0.3, 0.4) is 0 Å². The number of aromatic nitrogens is 1. The van der Waals surface area contributed by atoms with Crippen molar-refractivity contribution in [3.8, 4) is 0 Å². The minimum atomic E-state index is -0.277. The number of carbonyl (C=O) groups excluding carboxylic acids is 1. The van der Waals surface area contributed by atoms with Gasteiger partial charge in [-0.05, 0) is 50.7 Å². The van der Waals surface area contributed by atoms with Gasteiger partial charge < -0.3 is 10.5 Å². The van der Waals surface area contributed by atoms with Crippen LogP contribution in [0.2, 0.25) is 0 Å². The van der Waals surface area contributed by atoms with E-state index in [2.05, 4.69) is 4.98 Å². The van der Waals surface area contributed by atoms with Crippen molar-refractivity contribution in [3.63, 3.8) is 0 Å². The molecular formula is C15H22N2O2. The van der Waals surface area contributed by atoms with Gasteiger partial charge in [-0.25, -0.2) is 4.79 Å². The number of esters is 1. The van der Waals surface area contributed by atoms with Crippen molar-refractivity contribution in [2.75, 3.05) is 6.61 Å². The molecule has 0 unspecified atom stereocenters. The highest BCUT2D eigenvalue weighted by molar-refractivity contribution is 5.90. The summed E-state index contributed by atoms with van der Waals surface area (Å²) in [7, 11) is 0. The maximum Gasteiger partial charge on any atom is 0.339 e. The van der Waals surface area contributed by atoms with Gasteiger partial charge in [-0.3, -0.25) is 4.98 Å². The lowest BCUT2D eigenvalue weighted by molar-refractivity contribution is 0.0524. The quantitative estimate of drug-likeness (QED) is 0.827. The molecule has 1 aromatic heterocycles. The van der Waals surface area contributed by atoms with E-state index in [1.54, 1.807) is 18.3 Å². The summed E-state index contributed by atoms with van der Waals surface area (Å²) >= 11 is 0. The number of pyridine rings is 1. The second-order valence-corrected chi connectivity index (χ2v) is 5.11. The molecule has 104 valence electrons. The lowest BCUT2D eigenvalue weighted by atomic mass is 9.96. The average molecular weight is 262 g/mol. The van der Waals surface area contributed by atoms with Crippen molar-refractivity contribution in [1.82, 2.24) is 4.98 Å². The van der Waals surface area contributed by atoms with E-state index in [4.69, 9.17) is 10.5 Å². The molecule has 1 aromatic rings. The number of nitrogens with zero attached hydrogens (tertiary/aromatic N) is 1. The molecule has 1 aliphatic carbocycles. The molecule has 0 aromatic carbocycles. The van der Waals surface area contributed by atoms with Crippen LogP contribution in [0.1, 0.15) is 48.7 Å². The molecule has 0 amide bonds. The molecular weight excluding hydrogens is 240 g/mol. The van der Waals surface area contributed by atoms with Gasteiger partial charge in [-0.1, -0.05) is 6.42 Å². The first-order chi connectivity index (χ1) is 9.22. The first-order valence-corrected chi connectivity index (χ1v) is 7.09. The number of rotatable bonds is 5. The molecule has 0 spiro atoms. The van der Waals surface area contributed by atoms with E-state index in [1.807, 2.05) is 6.92 Å². The van der Waals surface area contributed by atoms with Crippen LogP contribution in [0, 0.1) is 5.92 Å². The predicted molar refractivity (Wildman–Crippen MR) is 73.8 cm³/mol. The van der Waals surface area contributed by atoms with Gasteiger partial charge in [-0.15, -0.1) is 0 Å². The Hall–Kier alpha value is -1.42. The Labute approximate surface area is 114 Å². The zero-order valence-electron chi connectivity index (χ0n) is 11.5. The topological polar surface area (TPSA) is 65.2 Å². The number of aryl methyl sites for hydroxylation is 1. The Bertz CT molecular complexity index is 434. The van der Waals surface area contributed by atoms with Crippen molar-refractivity contribution in [1.29, 1.82) is 0 Å². The van der Waals surface area contributed by atoms with Crippen molar-refractivity contribution < 1.29 is 9.53 Å². The molecule has 4 nitrogen and oxygen atoms in total. The first kappa shape index (κ1) is 14.0. The standard InChI is InChI=1S/C15H22N2O2/c1-2-19-15(18)12-6-4-10-17-14(12)9-8-11-5-3-7-13(11)16/h4,6,10-11,13H,2-3,5,7-9,16H2,1H3/t11-,13-/m0/s1. The van der Waals surface area contributed by atoms with E-state index >= 15 is 0 Å². The smallest absolute Gasteiger partial charge is 0.339 e. The minimum absolute atomic E-state index is 0.277. The molecule has 0 saturated heterocycles. The van der Waals surface area contributed by atoms with E-state index < -0.39 is 0 Å². The van der Waals surface area contributed by atoms with Crippen LogP contribution in [0.5, 0.6) is 0 Å². The average Bonchev–Trinajstić information content (AvgIpc) is 2.82. The molecule has 19 heavy (non-hydrogen) atoms. The molecule has 0 radical (unpaired) electrons. The molecule has 0 bridgehead atoms. The third kappa shape index (κ3) is 3.53. The Balaban J connectivity index is 2.01. The van der Waals surface area contributed by atoms with Gasteiger partial charge in [0, 0.05) is 12.2 Å². The zero-order chi connectivity index (χ0) is 13.7. The SMILES string of the molecule is CCOC(=O)c1cccnc1CC[C@@H]1CCC[C@@H]1N. The molecule has 1 heterocycles. The molecule has 2 N–H and O–H groups in total. The van der Waals surface area contributed by atoms with E-state index in [0.717, 1.165) is 25.0 Å². The molecule has 4 heteroatoms. The van der Waals surface area contributed by atoms with Gasteiger partial charge in [0.2, 0.25) is 0 Å². The summed E-state index contributed by atoms with van der Waals surface area (Å²) < 4.78 is 5.06. The van der Waals surface area contributed by atoms with Crippen LogP contribution in [0.15, 0.2) is 18.3 Å². The van der Waals surface area contributed by atoms with Crippen molar-refractivity contribution in [2.24, 2.45) is 11.7 Å². The van der Waals surface area contributed by atoms with Gasteiger partial charge in [0.15, 0.2) is 0 Å². The maximum absolute atomic E-state index is 11.8. The number of ether oxygens (including phenoxy) is 1. The van der Waals surface area contributed by atoms with Crippen LogP contribution in [0.4, 0.5) is 0 Å². The molecule has 1 aliphatic rings. The van der Waals surface area contributed by atoms with Gasteiger partial charge in [-0.2, -0.15) is 0 Å². The normalized spacial score (nSPS) is 22.4. The fourth-order valence-electron chi connectivity index (χ4n) is 2.78. The first-order valence-electron chi connectivity index (χ1n) is 7.09. The monoisotopic (exact) mass is 262 g/mol. The van der Waals surface area contributed by atoms with Crippen LogP contribution in [-0.4, -0.2) is 23.6 Å². The molecule has 1 fully saturated rings. The molecule has 1 saturated carbocycles. The Kier molecular flexibility index (Phi) is 4.91. The minimum Gasteiger partial charge on any atom is -0.462 e. The predicted octanol–water partition coefficient (Wildman–Crippen LogP) is 2.32. The van der Waals surface area contributed by atoms with E-state index in [0.29, 0.717) is 24.1 Å². The molecule has 2 rings (SSSR count). The fourth-order valence-corrected chi connectivity index (χ4v) is 2.78. The van der Waals surface area contributed by atoms with E-state index in [9.17, 15) is 4.79 Å². The largest absolute Gasteiger partial charge is 0.462 e. The number of carbonyl (C=O) groups is 1. The van der Waals surface area contributed by atoms with Gasteiger partial charge in [0.05, 0.1) is 17.9 Å². The van der Waals surface area contributed by atoms with Gasteiger partial charge in [0.25, 0.3) is 0 Å². The Morgan fingerprint density at radius 3 is 3.05 bits per heavy atom. The summed E-state index contributed by atoms with van der Waals surface area (Å²) in [6, 6.07) is 3.88. The second-order valence-electron chi connectivity index (χ2n) is 5.11. The highest BCUT2D eigenvalue weighted by Gasteiger charge is 2.24. The summed E-state index contributed by atoms with van der Waals surface area (Å²) in [5.41, 5.74) is 7.50. The summed E-state index contributed by atoms with van der Waals surface area (Å²) in [5, 5.41) is 0. The summed E-state index contributed by atoms with van der Waals surface area (Å²) in [5.74, 6) is 0.290. The lowest BCUT2D eigenvalue weighted by Gasteiger charge is -2.15. The molecule has 0 aliphatic heterocycles. The second kappa shape index (κ2) is 6.66. The van der Waals surface area contributed by atoms with Gasteiger partial charge >= 0.3 is 5.97 Å². The van der Waals surface area contributed by atoms with Crippen LogP contribution in [-0.2, 0) is 11.2 Å². The highest BCUT2D eigenvalue weighted by Crippen LogP contribution is 2.28. The van der Waals surface area contributed by atoms with Crippen molar-refractivity contribution in [3.05, 3.63) is 29.6 Å². The Morgan fingerprint density at radius 1 is 1.53 bits per heavy atom. The summed E-state index contributed by atoms with van der Waals surface area (Å²) in [6.45, 7) is 2.20. The van der Waals surface area contributed by atoms with E-state index in [1.165, 1.54) is 12.8 Å². The number of hydrogen-bond donors (Lipinski definition) is 1. The third-order valence-corrected chi connectivity index (χ3v) is 3.86. The Morgan fingerprint density at radius 2 is 2.37 bits per heavy atom. The van der Waals surface area contributed by atoms with Crippen molar-refractivity contribution in [2.45, 2.75) is 45.1 Å². The third-order valence-electron chi connectivity index (χ3n) is 3.86. The van der Waals surface area contributed by atoms with E-state index in [-0.39, 0.29) is 5.97 Å². The van der Waals surface area contributed by atoms with Crippen molar-refractivity contribution >= 4 is 5.97 Å². The summed E-state index contributed by atoms with van der Waals surface area (Å²) in [6.07, 6.45) is 7.07. The number of nitrogens with two attached hydrogens (primary N) is 1. The van der Waals surface area contributed by atoms with Crippen LogP contribution < -0.4 is 5.73 Å². The summed E-state index contributed by atoms with van der Waals surface area (Å²) in [4.78, 5) is 16.2. The highest BCUT2D eigenvalue weighted by atomic mass is 16.5. The molecule has 2 atom stereocenters. The fraction of sp³-hybridized carbons (Fsp3) is 0.600.